The monoisotopic (exact) mass is 575 g/mol. The summed E-state index contributed by atoms with van der Waals surface area (Å²) in [4.78, 5) is 0. The molecule has 1 heteroatoms. The van der Waals surface area contributed by atoms with Crippen molar-refractivity contribution in [3.8, 4) is 68.2 Å². The van der Waals surface area contributed by atoms with Gasteiger partial charge in [-0.3, -0.25) is 5.32 Å². The molecule has 1 saturated heterocycles. The van der Waals surface area contributed by atoms with E-state index in [1.807, 2.05) is 0 Å². The molecule has 7 rings (SSSR count). The van der Waals surface area contributed by atoms with Gasteiger partial charge in [0.05, 0.1) is 12.1 Å². The predicted molar refractivity (Wildman–Crippen MR) is 188 cm³/mol. The van der Waals surface area contributed by atoms with Crippen LogP contribution in [0.25, 0.3) is 44.5 Å². The highest BCUT2D eigenvalue weighted by Gasteiger charge is 2.20. The summed E-state index contributed by atoms with van der Waals surface area (Å²) >= 11 is 0. The van der Waals surface area contributed by atoms with E-state index in [2.05, 4.69) is 187 Å². The second-order valence-corrected chi connectivity index (χ2v) is 11.4. The van der Waals surface area contributed by atoms with Gasteiger partial charge in [0.15, 0.2) is 0 Å². The first-order valence-electron chi connectivity index (χ1n) is 15.6. The third-order valence-corrected chi connectivity index (χ3v) is 8.33. The number of nitrogens with one attached hydrogen (secondary N) is 1. The van der Waals surface area contributed by atoms with Gasteiger partial charge in [-0.1, -0.05) is 157 Å². The summed E-state index contributed by atoms with van der Waals surface area (Å²) < 4.78 is 0. The van der Waals surface area contributed by atoms with Crippen molar-refractivity contribution in [3.63, 3.8) is 0 Å². The fourth-order valence-electron chi connectivity index (χ4n) is 5.94. The van der Waals surface area contributed by atoms with Gasteiger partial charge >= 0.3 is 0 Å². The molecule has 214 valence electrons. The largest absolute Gasteiger partial charge is 0.290 e. The lowest BCUT2D eigenvalue weighted by Gasteiger charge is -2.10. The Hall–Kier alpha value is -5.60. The lowest BCUT2D eigenvalue weighted by atomic mass is 9.94. The van der Waals surface area contributed by atoms with E-state index in [-0.39, 0.29) is 12.1 Å². The molecule has 6 aromatic rings. The summed E-state index contributed by atoms with van der Waals surface area (Å²) in [5.74, 6) is 14.1. The zero-order valence-corrected chi connectivity index (χ0v) is 25.1. The van der Waals surface area contributed by atoms with Gasteiger partial charge in [-0.15, -0.1) is 0 Å². The standard InChI is InChI=1S/C44H33N/c1-5-13-33(14-6-1)39-23-21-37(43(31-39)35-17-9-3-10-18-35)25-27-41-29-30-42(45-41)28-26-38-22-24-40(34-15-7-2-8-16-34)32-44(38)36-19-11-4-12-20-36/h1-24,31-32,41-42,45H,29-30H2. The van der Waals surface area contributed by atoms with Crippen LogP contribution in [0.15, 0.2) is 158 Å². The van der Waals surface area contributed by atoms with Crippen molar-refractivity contribution in [2.24, 2.45) is 0 Å². The van der Waals surface area contributed by atoms with Crippen molar-refractivity contribution in [1.29, 1.82) is 0 Å². The fourth-order valence-corrected chi connectivity index (χ4v) is 5.94. The van der Waals surface area contributed by atoms with Gasteiger partial charge in [-0.25, -0.2) is 0 Å². The minimum atomic E-state index is 0.107. The summed E-state index contributed by atoms with van der Waals surface area (Å²) in [6, 6.07) is 55.5. The Morgan fingerprint density at radius 3 is 1.11 bits per heavy atom. The molecule has 1 fully saturated rings. The average molecular weight is 576 g/mol. The molecule has 0 aliphatic carbocycles. The summed E-state index contributed by atoms with van der Waals surface area (Å²) in [5, 5.41) is 3.68. The van der Waals surface area contributed by atoms with Crippen molar-refractivity contribution < 1.29 is 0 Å². The Morgan fingerprint density at radius 2 is 0.733 bits per heavy atom. The molecule has 2 atom stereocenters. The maximum atomic E-state index is 3.68. The van der Waals surface area contributed by atoms with E-state index in [4.69, 9.17) is 0 Å². The Balaban J connectivity index is 1.13. The van der Waals surface area contributed by atoms with Gasteiger partial charge in [-0.05, 0) is 81.6 Å². The first-order valence-corrected chi connectivity index (χ1v) is 15.6. The normalized spacial score (nSPS) is 15.4. The molecule has 6 aromatic carbocycles. The smallest absolute Gasteiger partial charge is 0.0703 e. The minimum Gasteiger partial charge on any atom is -0.290 e. The molecule has 0 spiro atoms. The van der Waals surface area contributed by atoms with E-state index >= 15 is 0 Å². The van der Waals surface area contributed by atoms with Crippen LogP contribution < -0.4 is 5.32 Å². The Bertz CT molecular complexity index is 1870. The maximum Gasteiger partial charge on any atom is 0.0703 e. The second-order valence-electron chi connectivity index (χ2n) is 11.4. The fraction of sp³-hybridized carbons (Fsp3) is 0.0909. The predicted octanol–water partition coefficient (Wildman–Crippen LogP) is 9.88. The third-order valence-electron chi connectivity index (χ3n) is 8.33. The van der Waals surface area contributed by atoms with Crippen LogP contribution in [-0.2, 0) is 0 Å². The number of benzene rings is 6. The molecule has 0 saturated carbocycles. The molecular weight excluding hydrogens is 542 g/mol. The number of hydrogen-bond donors (Lipinski definition) is 1. The van der Waals surface area contributed by atoms with E-state index in [0.29, 0.717) is 0 Å². The first-order chi connectivity index (χ1) is 22.3. The highest BCUT2D eigenvalue weighted by molar-refractivity contribution is 5.79. The molecule has 1 heterocycles. The zero-order chi connectivity index (χ0) is 30.3. The van der Waals surface area contributed by atoms with Crippen molar-refractivity contribution >= 4 is 0 Å². The molecule has 1 nitrogen and oxygen atoms in total. The molecule has 0 bridgehead atoms. The molecule has 1 aliphatic heterocycles. The van der Waals surface area contributed by atoms with Crippen LogP contribution in [0.2, 0.25) is 0 Å². The Kier molecular flexibility index (Phi) is 8.37. The van der Waals surface area contributed by atoms with Gasteiger partial charge < -0.3 is 0 Å². The molecule has 0 radical (unpaired) electrons. The van der Waals surface area contributed by atoms with Gasteiger partial charge in [0, 0.05) is 11.1 Å². The summed E-state index contributed by atoms with van der Waals surface area (Å²) in [6.07, 6.45) is 1.96. The SMILES string of the molecule is C(#CC1CCC(C#Cc2ccc(-c3ccccc3)cc2-c2ccccc2)N1)c1ccc(-c2ccccc2)cc1-c1ccccc1. The summed E-state index contributed by atoms with van der Waals surface area (Å²) in [7, 11) is 0. The van der Waals surface area contributed by atoms with Crippen LogP contribution in [0.5, 0.6) is 0 Å². The third kappa shape index (κ3) is 6.66. The van der Waals surface area contributed by atoms with Crippen LogP contribution in [0, 0.1) is 23.7 Å². The van der Waals surface area contributed by atoms with Crippen LogP contribution in [-0.4, -0.2) is 12.1 Å². The highest BCUT2D eigenvalue weighted by atomic mass is 15.0. The van der Waals surface area contributed by atoms with Crippen LogP contribution >= 0.6 is 0 Å². The van der Waals surface area contributed by atoms with Crippen molar-refractivity contribution in [2.75, 3.05) is 0 Å². The van der Waals surface area contributed by atoms with E-state index < -0.39 is 0 Å². The van der Waals surface area contributed by atoms with Crippen LogP contribution in [0.4, 0.5) is 0 Å². The van der Waals surface area contributed by atoms with Crippen LogP contribution in [0.1, 0.15) is 24.0 Å². The van der Waals surface area contributed by atoms with Gasteiger partial charge in [0.2, 0.25) is 0 Å². The molecule has 0 aromatic heterocycles. The van der Waals surface area contributed by atoms with E-state index in [1.165, 1.54) is 33.4 Å². The van der Waals surface area contributed by atoms with E-state index in [9.17, 15) is 0 Å². The molecule has 1 aliphatic rings. The van der Waals surface area contributed by atoms with E-state index in [0.717, 1.165) is 35.1 Å². The number of hydrogen-bond acceptors (Lipinski definition) is 1. The molecule has 0 amide bonds. The molecule has 45 heavy (non-hydrogen) atoms. The van der Waals surface area contributed by atoms with E-state index in [1.54, 1.807) is 0 Å². The highest BCUT2D eigenvalue weighted by Crippen LogP contribution is 2.31. The summed E-state index contributed by atoms with van der Waals surface area (Å²) in [5.41, 5.74) is 11.6. The van der Waals surface area contributed by atoms with Crippen molar-refractivity contribution in [3.05, 3.63) is 169 Å². The minimum absolute atomic E-state index is 0.107. The molecule has 2 unspecified atom stereocenters. The average Bonchev–Trinajstić information content (AvgIpc) is 3.59. The lowest BCUT2D eigenvalue weighted by Crippen LogP contribution is -2.27. The lowest BCUT2D eigenvalue weighted by molar-refractivity contribution is 0.696. The quantitative estimate of drug-likeness (QED) is 0.206. The Labute approximate surface area is 266 Å². The number of rotatable bonds is 4. The van der Waals surface area contributed by atoms with Crippen LogP contribution in [0.3, 0.4) is 0 Å². The van der Waals surface area contributed by atoms with Gasteiger partial charge in [0.1, 0.15) is 0 Å². The summed E-state index contributed by atoms with van der Waals surface area (Å²) in [6.45, 7) is 0. The van der Waals surface area contributed by atoms with Crippen molar-refractivity contribution in [2.45, 2.75) is 24.9 Å². The van der Waals surface area contributed by atoms with Crippen molar-refractivity contribution in [1.82, 2.24) is 5.32 Å². The molecular formula is C44H33N. The van der Waals surface area contributed by atoms with Gasteiger partial charge in [-0.2, -0.15) is 0 Å². The maximum absolute atomic E-state index is 3.68. The second kappa shape index (κ2) is 13.4. The first kappa shape index (κ1) is 28.2. The zero-order valence-electron chi connectivity index (χ0n) is 25.1. The molecule has 1 N–H and O–H groups in total. The Morgan fingerprint density at radius 1 is 0.378 bits per heavy atom. The topological polar surface area (TPSA) is 12.0 Å². The van der Waals surface area contributed by atoms with Gasteiger partial charge in [0.25, 0.3) is 0 Å².